The monoisotopic (exact) mass is 591 g/mol. The van der Waals surface area contributed by atoms with Gasteiger partial charge in [-0.15, -0.1) is 0 Å². The Morgan fingerprint density at radius 3 is 2.62 bits per heavy atom. The number of anilines is 1. The van der Waals surface area contributed by atoms with Gasteiger partial charge in [-0.2, -0.15) is 23.5 Å². The second-order valence-electron chi connectivity index (χ2n) is 10.6. The van der Waals surface area contributed by atoms with Gasteiger partial charge in [0, 0.05) is 18.8 Å². The average Bonchev–Trinajstić information content (AvgIpc) is 3.33. The number of aliphatic hydroxyl groups is 1. The molecule has 0 aromatic carbocycles. The van der Waals surface area contributed by atoms with Crippen molar-refractivity contribution < 1.29 is 37.0 Å². The first-order valence-corrected chi connectivity index (χ1v) is 13.0. The van der Waals surface area contributed by atoms with Crippen molar-refractivity contribution in [3.63, 3.8) is 0 Å². The number of fused-ring (bicyclic) bond motifs is 1. The molecular weight excluding hydrogens is 562 g/mol. The van der Waals surface area contributed by atoms with E-state index in [4.69, 9.17) is 5.26 Å². The maximum Gasteiger partial charge on any atom is 0.422 e. The summed E-state index contributed by atoms with van der Waals surface area (Å²) in [6.45, 7) is 0.597. The molecule has 1 saturated carbocycles. The lowest BCUT2D eigenvalue weighted by Gasteiger charge is -2.37. The van der Waals surface area contributed by atoms with E-state index in [0.717, 1.165) is 0 Å². The molecule has 4 rings (SSSR count). The molecular formula is C27H29F4N7O4. The molecule has 3 heterocycles. The molecule has 0 saturated heterocycles. The number of amides is 2. The van der Waals surface area contributed by atoms with E-state index in [0.29, 0.717) is 41.0 Å². The number of carbonyl (C=O) groups excluding carboxylic acids is 2. The SMILES string of the molecule is CC(C)(O)[C@H](F)CNC(=O)c1cnc(-c2ccc3cc(C#N)cnn23)cc1N[C@H]1C[C@H](CNC(=O)OCC(F)(F)F)C1. The van der Waals surface area contributed by atoms with Crippen molar-refractivity contribution in [2.75, 3.05) is 25.0 Å². The maximum absolute atomic E-state index is 14.3. The number of carbonyl (C=O) groups is 2. The Bertz CT molecular complexity index is 1490. The predicted molar refractivity (Wildman–Crippen MR) is 142 cm³/mol. The van der Waals surface area contributed by atoms with E-state index in [-0.39, 0.29) is 24.1 Å². The molecule has 1 aliphatic rings. The number of alkyl carbamates (subject to hydrolysis) is 1. The molecule has 224 valence electrons. The van der Waals surface area contributed by atoms with Crippen LogP contribution in [-0.4, -0.2) is 75.4 Å². The number of hydrogen-bond donors (Lipinski definition) is 4. The summed E-state index contributed by atoms with van der Waals surface area (Å²) in [5.41, 5.74) is 0.944. The summed E-state index contributed by atoms with van der Waals surface area (Å²) in [5, 5.41) is 31.3. The number of nitriles is 1. The number of nitrogens with zero attached hydrogens (tertiary/aromatic N) is 4. The van der Waals surface area contributed by atoms with Crippen LogP contribution in [0.2, 0.25) is 0 Å². The zero-order chi connectivity index (χ0) is 30.7. The van der Waals surface area contributed by atoms with Crippen LogP contribution in [0.25, 0.3) is 16.9 Å². The highest BCUT2D eigenvalue weighted by Gasteiger charge is 2.33. The van der Waals surface area contributed by atoms with Gasteiger partial charge in [0.2, 0.25) is 0 Å². The zero-order valence-electron chi connectivity index (χ0n) is 22.7. The van der Waals surface area contributed by atoms with E-state index in [1.54, 1.807) is 28.8 Å². The maximum atomic E-state index is 14.3. The molecule has 0 unspecified atom stereocenters. The van der Waals surface area contributed by atoms with E-state index in [9.17, 15) is 32.3 Å². The summed E-state index contributed by atoms with van der Waals surface area (Å²) in [4.78, 5) is 28.9. The molecule has 1 atom stereocenters. The van der Waals surface area contributed by atoms with Gasteiger partial charge in [0.1, 0.15) is 12.2 Å². The van der Waals surface area contributed by atoms with Crippen molar-refractivity contribution >= 4 is 23.2 Å². The Hall–Kier alpha value is -4.45. The first kappa shape index (κ1) is 30.5. The number of nitrogens with one attached hydrogen (secondary N) is 3. The molecule has 0 radical (unpaired) electrons. The third kappa shape index (κ3) is 7.64. The van der Waals surface area contributed by atoms with Crippen LogP contribution >= 0.6 is 0 Å². The molecule has 3 aromatic heterocycles. The van der Waals surface area contributed by atoms with Crippen LogP contribution in [0.15, 0.2) is 36.7 Å². The Labute approximate surface area is 237 Å². The summed E-state index contributed by atoms with van der Waals surface area (Å²) in [5.74, 6) is -0.656. The summed E-state index contributed by atoms with van der Waals surface area (Å²) in [6, 6.07) is 8.71. The number of pyridine rings is 1. The van der Waals surface area contributed by atoms with Crippen LogP contribution < -0.4 is 16.0 Å². The zero-order valence-corrected chi connectivity index (χ0v) is 22.7. The topological polar surface area (TPSA) is 154 Å². The Morgan fingerprint density at radius 1 is 1.21 bits per heavy atom. The lowest BCUT2D eigenvalue weighted by molar-refractivity contribution is -0.160. The van der Waals surface area contributed by atoms with E-state index in [1.807, 2.05) is 6.07 Å². The second kappa shape index (κ2) is 12.2. The number of ether oxygens (including phenoxy) is 1. The summed E-state index contributed by atoms with van der Waals surface area (Å²) < 4.78 is 56.6. The highest BCUT2D eigenvalue weighted by Crippen LogP contribution is 2.32. The average molecular weight is 592 g/mol. The quantitative estimate of drug-likeness (QED) is 0.261. The van der Waals surface area contributed by atoms with Gasteiger partial charge < -0.3 is 25.8 Å². The molecule has 42 heavy (non-hydrogen) atoms. The normalized spacial score (nSPS) is 17.6. The van der Waals surface area contributed by atoms with Gasteiger partial charge in [-0.05, 0) is 56.9 Å². The number of alkyl halides is 4. The highest BCUT2D eigenvalue weighted by molar-refractivity contribution is 6.00. The largest absolute Gasteiger partial charge is 0.440 e. The van der Waals surface area contributed by atoms with Gasteiger partial charge in [0.25, 0.3) is 5.91 Å². The molecule has 11 nitrogen and oxygen atoms in total. The second-order valence-corrected chi connectivity index (χ2v) is 10.6. The molecule has 15 heteroatoms. The summed E-state index contributed by atoms with van der Waals surface area (Å²) >= 11 is 0. The number of rotatable bonds is 10. The van der Waals surface area contributed by atoms with Gasteiger partial charge in [-0.3, -0.25) is 9.78 Å². The van der Waals surface area contributed by atoms with Crippen LogP contribution in [0.3, 0.4) is 0 Å². The Balaban J connectivity index is 1.48. The summed E-state index contributed by atoms with van der Waals surface area (Å²) in [7, 11) is 0. The van der Waals surface area contributed by atoms with E-state index >= 15 is 0 Å². The highest BCUT2D eigenvalue weighted by atomic mass is 19.4. The summed E-state index contributed by atoms with van der Waals surface area (Å²) in [6.07, 6.45) is -3.67. The molecule has 0 bridgehead atoms. The fourth-order valence-electron chi connectivity index (χ4n) is 4.34. The smallest absolute Gasteiger partial charge is 0.422 e. The van der Waals surface area contributed by atoms with Crippen molar-refractivity contribution in [1.29, 1.82) is 5.26 Å². The van der Waals surface area contributed by atoms with Crippen molar-refractivity contribution in [3.8, 4) is 17.5 Å². The predicted octanol–water partition coefficient (Wildman–Crippen LogP) is 3.59. The standard InChI is InChI=1S/C27H29F4N7O4/c1-26(2,41)23(28)13-34-24(39)19-12-33-21(22-4-3-18-7-16(9-32)11-36-38(18)22)8-20(19)37-17-5-15(6-17)10-35-25(40)42-14-27(29,30)31/h3-4,7-8,11-12,15,17,23,41H,5-6,10,13-14H2,1-2H3,(H,33,37)(H,34,39)(H,35,40)/t15-,17-,23-/m1/s1. The lowest BCUT2D eigenvalue weighted by atomic mass is 9.80. The van der Waals surface area contributed by atoms with Crippen LogP contribution in [0.5, 0.6) is 0 Å². The molecule has 0 spiro atoms. The minimum atomic E-state index is -4.61. The molecule has 1 aliphatic carbocycles. The van der Waals surface area contributed by atoms with Gasteiger partial charge in [0.15, 0.2) is 6.61 Å². The van der Waals surface area contributed by atoms with Gasteiger partial charge in [-0.25, -0.2) is 13.7 Å². The van der Waals surface area contributed by atoms with Crippen LogP contribution in [0.4, 0.5) is 28.0 Å². The van der Waals surface area contributed by atoms with Crippen LogP contribution in [0.1, 0.15) is 42.6 Å². The van der Waals surface area contributed by atoms with Crippen molar-refractivity contribution in [2.24, 2.45) is 5.92 Å². The molecule has 2 amide bonds. The number of hydrogen-bond acceptors (Lipinski definition) is 8. The number of halogens is 4. The first-order chi connectivity index (χ1) is 19.7. The Morgan fingerprint density at radius 2 is 1.95 bits per heavy atom. The minimum absolute atomic E-state index is 0.0355. The van der Waals surface area contributed by atoms with E-state index in [1.165, 1.54) is 26.2 Å². The molecule has 0 aliphatic heterocycles. The fraction of sp³-hybridized carbons (Fsp3) is 0.444. The lowest BCUT2D eigenvalue weighted by Crippen LogP contribution is -2.43. The van der Waals surface area contributed by atoms with Crippen molar-refractivity contribution in [1.82, 2.24) is 25.2 Å². The van der Waals surface area contributed by atoms with Gasteiger partial charge >= 0.3 is 12.3 Å². The third-order valence-electron chi connectivity index (χ3n) is 6.75. The minimum Gasteiger partial charge on any atom is -0.440 e. The van der Waals surface area contributed by atoms with Crippen molar-refractivity contribution in [3.05, 3.63) is 47.8 Å². The van der Waals surface area contributed by atoms with Crippen LogP contribution in [-0.2, 0) is 4.74 Å². The Kier molecular flexibility index (Phi) is 8.86. The molecule has 1 fully saturated rings. The van der Waals surface area contributed by atoms with Gasteiger partial charge in [0.05, 0.1) is 52.1 Å². The van der Waals surface area contributed by atoms with Crippen LogP contribution in [0, 0.1) is 17.2 Å². The van der Waals surface area contributed by atoms with E-state index < -0.39 is 43.1 Å². The number of aromatic nitrogens is 3. The first-order valence-electron chi connectivity index (χ1n) is 13.0. The molecule has 3 aromatic rings. The van der Waals surface area contributed by atoms with E-state index in [2.05, 4.69) is 30.8 Å². The van der Waals surface area contributed by atoms with Gasteiger partial charge in [-0.1, -0.05) is 0 Å². The fourth-order valence-corrected chi connectivity index (χ4v) is 4.34. The molecule has 4 N–H and O–H groups in total. The third-order valence-corrected chi connectivity index (χ3v) is 6.75. The van der Waals surface area contributed by atoms with Crippen molar-refractivity contribution in [2.45, 2.75) is 50.7 Å².